The number of nitrogen functional groups attached to an aromatic ring is 1. The van der Waals surface area contributed by atoms with Crippen LogP contribution in [-0.4, -0.2) is 10.9 Å². The number of nitrogens with two attached hydrogens (primary N) is 1. The summed E-state index contributed by atoms with van der Waals surface area (Å²) in [5.74, 6) is 5.48. The minimum Gasteiger partial charge on any atom is -0.322 e. The van der Waals surface area contributed by atoms with Crippen LogP contribution >= 0.6 is 0 Å². The quantitative estimate of drug-likeness (QED) is 0.551. The summed E-state index contributed by atoms with van der Waals surface area (Å²) in [4.78, 5) is 15.8. The second kappa shape index (κ2) is 5.09. The van der Waals surface area contributed by atoms with E-state index in [2.05, 4.69) is 15.7 Å². The summed E-state index contributed by atoms with van der Waals surface area (Å²) in [7, 11) is 0. The number of benzene rings is 1. The van der Waals surface area contributed by atoms with Crippen LogP contribution < -0.4 is 16.6 Å². The molecule has 0 aliphatic rings. The zero-order valence-electron chi connectivity index (χ0n) is 9.05. The molecule has 1 amide bonds. The number of hydrogen-bond donors (Lipinski definition) is 3. The minimum atomic E-state index is -0.199. The smallest absolute Gasteiger partial charge is 0.255 e. The lowest BCUT2D eigenvalue weighted by molar-refractivity contribution is 0.102. The monoisotopic (exact) mass is 228 g/mol. The van der Waals surface area contributed by atoms with Crippen LogP contribution in [0.5, 0.6) is 0 Å². The molecule has 1 aromatic heterocycles. The predicted octanol–water partition coefficient (Wildman–Crippen LogP) is 1.62. The molecule has 0 saturated heterocycles. The van der Waals surface area contributed by atoms with Crippen LogP contribution in [0.2, 0.25) is 0 Å². The molecule has 2 rings (SSSR count). The number of anilines is 2. The van der Waals surface area contributed by atoms with Crippen molar-refractivity contribution in [3.05, 3.63) is 54.2 Å². The Morgan fingerprint density at radius 2 is 1.94 bits per heavy atom. The Labute approximate surface area is 98.6 Å². The maximum atomic E-state index is 11.9. The zero-order valence-corrected chi connectivity index (χ0v) is 9.05. The molecular formula is C12H12N4O. The van der Waals surface area contributed by atoms with Crippen molar-refractivity contribution in [2.24, 2.45) is 5.84 Å². The molecule has 1 heterocycles. The Hall–Kier alpha value is -2.40. The van der Waals surface area contributed by atoms with Crippen molar-refractivity contribution in [3.63, 3.8) is 0 Å². The molecule has 4 N–H and O–H groups in total. The highest BCUT2D eigenvalue weighted by Gasteiger charge is 2.06. The van der Waals surface area contributed by atoms with E-state index >= 15 is 0 Å². The van der Waals surface area contributed by atoms with Gasteiger partial charge in [-0.25, -0.2) is 10.8 Å². The van der Waals surface area contributed by atoms with Gasteiger partial charge in [-0.05, 0) is 24.3 Å². The average Bonchev–Trinajstić information content (AvgIpc) is 2.40. The molecule has 17 heavy (non-hydrogen) atoms. The number of amides is 1. The Morgan fingerprint density at radius 1 is 1.18 bits per heavy atom. The van der Waals surface area contributed by atoms with Gasteiger partial charge in [0.1, 0.15) is 5.82 Å². The molecule has 0 atom stereocenters. The third-order valence-electron chi connectivity index (χ3n) is 2.20. The van der Waals surface area contributed by atoms with E-state index in [1.165, 1.54) is 6.20 Å². The number of carbonyl (C=O) groups excluding carboxylic acids is 1. The summed E-state index contributed by atoms with van der Waals surface area (Å²) in [6.45, 7) is 0. The van der Waals surface area contributed by atoms with Gasteiger partial charge in [-0.3, -0.25) is 4.79 Å². The number of hydrogen-bond acceptors (Lipinski definition) is 4. The fraction of sp³-hybridized carbons (Fsp3) is 0. The molecule has 0 aliphatic carbocycles. The van der Waals surface area contributed by atoms with E-state index in [9.17, 15) is 4.79 Å². The number of carbonyl (C=O) groups is 1. The lowest BCUT2D eigenvalue weighted by atomic mass is 10.2. The first-order chi connectivity index (χ1) is 8.29. The normalized spacial score (nSPS) is 9.71. The Bertz CT molecular complexity index is 513. The molecular weight excluding hydrogens is 216 g/mol. The standard InChI is InChI=1S/C12H12N4O/c13-16-11-8-9(6-7-14-11)12(17)15-10-4-2-1-3-5-10/h1-8H,13H2,(H,14,16)(H,15,17). The molecule has 5 nitrogen and oxygen atoms in total. The van der Waals surface area contributed by atoms with Gasteiger partial charge >= 0.3 is 0 Å². The van der Waals surface area contributed by atoms with Gasteiger partial charge in [0.25, 0.3) is 5.91 Å². The van der Waals surface area contributed by atoms with E-state index < -0.39 is 0 Å². The summed E-state index contributed by atoms with van der Waals surface area (Å²) in [6.07, 6.45) is 1.52. The molecule has 1 aromatic carbocycles. The van der Waals surface area contributed by atoms with Crippen LogP contribution in [0, 0.1) is 0 Å². The number of aromatic nitrogens is 1. The molecule has 0 radical (unpaired) electrons. The molecule has 0 saturated carbocycles. The van der Waals surface area contributed by atoms with Gasteiger partial charge in [-0.15, -0.1) is 0 Å². The maximum absolute atomic E-state index is 11.9. The molecule has 86 valence electrons. The average molecular weight is 228 g/mol. The second-order valence-corrected chi connectivity index (χ2v) is 3.39. The van der Waals surface area contributed by atoms with Crippen molar-refractivity contribution >= 4 is 17.4 Å². The molecule has 0 aliphatic heterocycles. The van der Waals surface area contributed by atoms with Crippen LogP contribution in [0.25, 0.3) is 0 Å². The van der Waals surface area contributed by atoms with Crippen LogP contribution in [-0.2, 0) is 0 Å². The maximum Gasteiger partial charge on any atom is 0.255 e. The first-order valence-corrected chi connectivity index (χ1v) is 5.08. The van der Waals surface area contributed by atoms with E-state index in [1.54, 1.807) is 12.1 Å². The molecule has 0 spiro atoms. The van der Waals surface area contributed by atoms with Crippen LogP contribution in [0.1, 0.15) is 10.4 Å². The minimum absolute atomic E-state index is 0.199. The third kappa shape index (κ3) is 2.79. The third-order valence-corrected chi connectivity index (χ3v) is 2.20. The highest BCUT2D eigenvalue weighted by molar-refractivity contribution is 6.04. The number of para-hydroxylation sites is 1. The number of rotatable bonds is 3. The first kappa shape index (κ1) is 11.1. The van der Waals surface area contributed by atoms with Crippen LogP contribution in [0.15, 0.2) is 48.7 Å². The molecule has 5 heteroatoms. The van der Waals surface area contributed by atoms with Gasteiger partial charge < -0.3 is 10.7 Å². The second-order valence-electron chi connectivity index (χ2n) is 3.39. The molecule has 2 aromatic rings. The van der Waals surface area contributed by atoms with Gasteiger partial charge in [-0.1, -0.05) is 18.2 Å². The number of nitrogens with one attached hydrogen (secondary N) is 2. The summed E-state index contributed by atoms with van der Waals surface area (Å²) in [5, 5.41) is 2.77. The van der Waals surface area contributed by atoms with Crippen LogP contribution in [0.4, 0.5) is 11.5 Å². The van der Waals surface area contributed by atoms with Crippen molar-refractivity contribution in [1.82, 2.24) is 4.98 Å². The summed E-state index contributed by atoms with van der Waals surface area (Å²) >= 11 is 0. The van der Waals surface area contributed by atoms with Crippen LogP contribution in [0.3, 0.4) is 0 Å². The van der Waals surface area contributed by atoms with E-state index in [0.29, 0.717) is 11.4 Å². The molecule has 0 fully saturated rings. The predicted molar refractivity (Wildman–Crippen MR) is 66.4 cm³/mol. The summed E-state index contributed by atoms with van der Waals surface area (Å²) in [6, 6.07) is 12.4. The lowest BCUT2D eigenvalue weighted by Crippen LogP contribution is -2.14. The fourth-order valence-corrected chi connectivity index (χ4v) is 1.38. The van der Waals surface area contributed by atoms with Crippen molar-refractivity contribution in [3.8, 4) is 0 Å². The van der Waals surface area contributed by atoms with Crippen molar-refractivity contribution in [2.45, 2.75) is 0 Å². The zero-order chi connectivity index (χ0) is 12.1. The Balaban J connectivity index is 2.14. The number of pyridine rings is 1. The van der Waals surface area contributed by atoms with Gasteiger partial charge in [0.05, 0.1) is 0 Å². The number of nitrogens with zero attached hydrogens (tertiary/aromatic N) is 1. The van der Waals surface area contributed by atoms with E-state index in [4.69, 9.17) is 5.84 Å². The van der Waals surface area contributed by atoms with E-state index in [0.717, 1.165) is 5.69 Å². The van der Waals surface area contributed by atoms with Crippen molar-refractivity contribution < 1.29 is 4.79 Å². The topological polar surface area (TPSA) is 80.0 Å². The highest BCUT2D eigenvalue weighted by atomic mass is 16.1. The van der Waals surface area contributed by atoms with Gasteiger partial charge in [0, 0.05) is 17.4 Å². The lowest BCUT2D eigenvalue weighted by Gasteiger charge is -2.05. The Morgan fingerprint density at radius 3 is 2.65 bits per heavy atom. The summed E-state index contributed by atoms with van der Waals surface area (Å²) < 4.78 is 0. The number of hydrazine groups is 1. The molecule has 0 bridgehead atoms. The van der Waals surface area contributed by atoms with Crippen molar-refractivity contribution in [2.75, 3.05) is 10.7 Å². The van der Waals surface area contributed by atoms with Crippen molar-refractivity contribution in [1.29, 1.82) is 0 Å². The first-order valence-electron chi connectivity index (χ1n) is 5.08. The van der Waals surface area contributed by atoms with Gasteiger partial charge in [0.2, 0.25) is 0 Å². The van der Waals surface area contributed by atoms with Gasteiger partial charge in [-0.2, -0.15) is 0 Å². The Kier molecular flexibility index (Phi) is 3.32. The highest BCUT2D eigenvalue weighted by Crippen LogP contribution is 2.10. The summed E-state index contributed by atoms with van der Waals surface area (Å²) in [5.41, 5.74) is 3.64. The molecule has 0 unspecified atom stereocenters. The van der Waals surface area contributed by atoms with E-state index in [-0.39, 0.29) is 5.91 Å². The largest absolute Gasteiger partial charge is 0.322 e. The van der Waals surface area contributed by atoms with Gasteiger partial charge in [0.15, 0.2) is 0 Å². The fourth-order valence-electron chi connectivity index (χ4n) is 1.38. The SMILES string of the molecule is NNc1cc(C(=O)Nc2ccccc2)ccn1. The van der Waals surface area contributed by atoms with E-state index in [1.807, 2.05) is 30.3 Å².